The smallest absolute Gasteiger partial charge is 0.123 e. The van der Waals surface area contributed by atoms with Gasteiger partial charge in [-0.1, -0.05) is 52.0 Å². The van der Waals surface area contributed by atoms with Crippen LogP contribution >= 0.6 is 0 Å². The molecule has 2 aliphatic carbocycles. The van der Waals surface area contributed by atoms with E-state index in [1.165, 1.54) is 22.3 Å². The van der Waals surface area contributed by atoms with Crippen molar-refractivity contribution in [3.05, 3.63) is 107 Å². The zero-order chi connectivity index (χ0) is 38.2. The second kappa shape index (κ2) is 15.2. The summed E-state index contributed by atoms with van der Waals surface area (Å²) < 4.78 is 45.9. The monoisotopic (exact) mass is 752 g/mol. The summed E-state index contributed by atoms with van der Waals surface area (Å²) in [5.74, 6) is 4.14. The lowest BCUT2D eigenvalue weighted by atomic mass is 9.72. The Morgan fingerprint density at radius 1 is 0.509 bits per heavy atom. The van der Waals surface area contributed by atoms with Crippen molar-refractivity contribution < 1.29 is 48.1 Å². The second-order valence-corrected chi connectivity index (χ2v) is 16.7. The molecule has 55 heavy (non-hydrogen) atoms. The Morgan fingerprint density at radius 3 is 1.22 bits per heavy atom. The number of hydrogen-bond donors (Lipinski definition) is 2. The van der Waals surface area contributed by atoms with Crippen LogP contribution in [0.25, 0.3) is 0 Å². The first-order chi connectivity index (χ1) is 26.5. The molecule has 10 nitrogen and oxygen atoms in total. The molecule has 0 saturated carbocycles. The maximum atomic E-state index is 10.7. The lowest BCUT2D eigenvalue weighted by molar-refractivity contribution is 0.0625. The highest BCUT2D eigenvalue weighted by Crippen LogP contribution is 2.63. The van der Waals surface area contributed by atoms with Gasteiger partial charge in [0.05, 0.1) is 13.2 Å². The first-order valence-electron chi connectivity index (χ1n) is 19.3. The van der Waals surface area contributed by atoms with E-state index in [2.05, 4.69) is 52.0 Å². The molecule has 0 bridgehead atoms. The van der Waals surface area contributed by atoms with E-state index >= 15 is 0 Å². The van der Waals surface area contributed by atoms with Gasteiger partial charge in [-0.3, -0.25) is 0 Å². The molecule has 0 radical (unpaired) electrons. The van der Waals surface area contributed by atoms with E-state index in [1.54, 1.807) is 0 Å². The van der Waals surface area contributed by atoms with Crippen LogP contribution in [-0.4, -0.2) is 87.5 Å². The molecule has 0 amide bonds. The zero-order valence-electron chi connectivity index (χ0n) is 32.1. The highest BCUT2D eigenvalue weighted by Gasteiger charge is 2.56. The Hall–Kier alpha value is -4.48. The fraction of sp³-hybridized carbons (Fsp3) is 0.467. The molecule has 2 aliphatic heterocycles. The summed E-state index contributed by atoms with van der Waals surface area (Å²) in [4.78, 5) is 0. The topological polar surface area (TPSA) is 121 Å². The van der Waals surface area contributed by atoms with Crippen LogP contribution in [0.3, 0.4) is 0 Å². The third kappa shape index (κ3) is 8.68. The lowest BCUT2D eigenvalue weighted by Crippen LogP contribution is -2.26. The predicted octanol–water partition coefficient (Wildman–Crippen LogP) is 6.53. The largest absolute Gasteiger partial charge is 0.491 e. The van der Waals surface area contributed by atoms with Gasteiger partial charge in [0.1, 0.15) is 98.6 Å². The molecule has 4 aromatic carbocycles. The van der Waals surface area contributed by atoms with Crippen LogP contribution in [-0.2, 0) is 25.7 Å². The minimum absolute atomic E-state index is 0.0939. The number of ether oxygens (including phenoxy) is 8. The summed E-state index contributed by atoms with van der Waals surface area (Å²) in [7, 11) is 0. The minimum Gasteiger partial charge on any atom is -0.491 e. The fourth-order valence-electron chi connectivity index (χ4n) is 8.35. The van der Waals surface area contributed by atoms with Gasteiger partial charge in [0.25, 0.3) is 0 Å². The average Bonchev–Trinajstić information content (AvgIpc) is 4.12. The van der Waals surface area contributed by atoms with Crippen LogP contribution in [0.5, 0.6) is 34.5 Å². The van der Waals surface area contributed by atoms with E-state index in [-0.39, 0.29) is 54.9 Å². The summed E-state index contributed by atoms with van der Waals surface area (Å²) in [5, 5.41) is 21.5. The van der Waals surface area contributed by atoms with E-state index in [0.29, 0.717) is 36.2 Å². The third-order valence-corrected chi connectivity index (χ3v) is 11.0. The zero-order valence-corrected chi connectivity index (χ0v) is 32.1. The summed E-state index contributed by atoms with van der Waals surface area (Å²) in [6.07, 6.45) is 0.676. The number of aliphatic hydroxyl groups is 2. The number of rotatable bonds is 18. The van der Waals surface area contributed by atoms with Gasteiger partial charge in [0, 0.05) is 17.5 Å². The van der Waals surface area contributed by atoms with Crippen molar-refractivity contribution in [2.45, 2.75) is 81.2 Å². The summed E-state index contributed by atoms with van der Waals surface area (Å²) in [6, 6.07) is 27.6. The molecule has 4 aliphatic rings. The number of benzene rings is 4. The molecule has 292 valence electrons. The predicted molar refractivity (Wildman–Crippen MR) is 206 cm³/mol. The molecule has 2 fully saturated rings. The molecule has 4 atom stereocenters. The Kier molecular flexibility index (Phi) is 10.4. The van der Waals surface area contributed by atoms with Crippen LogP contribution in [0, 0.1) is 0 Å². The number of hydrogen-bond acceptors (Lipinski definition) is 10. The van der Waals surface area contributed by atoms with Crippen molar-refractivity contribution in [2.75, 3.05) is 52.9 Å². The Morgan fingerprint density at radius 2 is 0.855 bits per heavy atom. The molecule has 0 aromatic heterocycles. The van der Waals surface area contributed by atoms with Crippen molar-refractivity contribution in [1.29, 1.82) is 0 Å². The first kappa shape index (κ1) is 37.4. The number of aliphatic hydroxyl groups excluding tert-OH is 2. The molecular weight excluding hydrogens is 700 g/mol. The quantitative estimate of drug-likeness (QED) is 0.109. The van der Waals surface area contributed by atoms with Crippen LogP contribution in [0.4, 0.5) is 0 Å². The Balaban J connectivity index is 0.877. The normalized spacial score (nSPS) is 23.3. The molecule has 4 aromatic rings. The SMILES string of the molecule is CC1(C)CC2(CC(C)(C)c3cc(OCC(O)COc4cccc(OCC5CO5)c4)ccc32)c2ccc(OCC(O)COc3cccc(OCC4CO4)c3)cc21. The van der Waals surface area contributed by atoms with Gasteiger partial charge in [-0.15, -0.1) is 0 Å². The van der Waals surface area contributed by atoms with E-state index in [1.807, 2.05) is 60.7 Å². The Labute approximate surface area is 323 Å². The van der Waals surface area contributed by atoms with Crippen LogP contribution in [0.2, 0.25) is 0 Å². The van der Waals surface area contributed by atoms with Crippen molar-refractivity contribution in [2.24, 2.45) is 0 Å². The average molecular weight is 753 g/mol. The minimum atomic E-state index is -0.811. The van der Waals surface area contributed by atoms with Gasteiger partial charge in [-0.05, 0) is 94.5 Å². The number of epoxide rings is 2. The maximum absolute atomic E-state index is 10.7. The van der Waals surface area contributed by atoms with Gasteiger partial charge in [0.2, 0.25) is 0 Å². The fourth-order valence-corrected chi connectivity index (χ4v) is 8.35. The molecule has 2 saturated heterocycles. The van der Waals surface area contributed by atoms with Gasteiger partial charge in [-0.2, -0.15) is 0 Å². The number of fused-ring (bicyclic) bond motifs is 4. The third-order valence-electron chi connectivity index (χ3n) is 11.0. The van der Waals surface area contributed by atoms with E-state index in [0.717, 1.165) is 37.6 Å². The lowest BCUT2D eigenvalue weighted by Gasteiger charge is -2.30. The summed E-state index contributed by atoms with van der Waals surface area (Å²) >= 11 is 0. The molecule has 8 rings (SSSR count). The molecular formula is C45H52O10. The van der Waals surface area contributed by atoms with Crippen molar-refractivity contribution in [3.63, 3.8) is 0 Å². The van der Waals surface area contributed by atoms with Gasteiger partial charge in [-0.25, -0.2) is 0 Å². The van der Waals surface area contributed by atoms with Crippen molar-refractivity contribution in [1.82, 2.24) is 0 Å². The summed E-state index contributed by atoms with van der Waals surface area (Å²) in [5.41, 5.74) is 4.85. The van der Waals surface area contributed by atoms with Gasteiger partial charge < -0.3 is 48.1 Å². The molecule has 1 spiro atoms. The van der Waals surface area contributed by atoms with Crippen LogP contribution in [0.1, 0.15) is 62.8 Å². The molecule has 2 heterocycles. The molecule has 10 heteroatoms. The molecule has 4 unspecified atom stereocenters. The van der Waals surface area contributed by atoms with Gasteiger partial charge >= 0.3 is 0 Å². The van der Waals surface area contributed by atoms with E-state index in [9.17, 15) is 10.2 Å². The van der Waals surface area contributed by atoms with Crippen molar-refractivity contribution in [3.8, 4) is 34.5 Å². The van der Waals surface area contributed by atoms with Crippen LogP contribution in [0.15, 0.2) is 84.9 Å². The molecule has 2 N–H and O–H groups in total. The maximum Gasteiger partial charge on any atom is 0.123 e. The standard InChI is InChI=1S/C45H52O10/c1-43(2)27-45(39-13-11-35(17-41(39)43)50-21-29(46)19-48-31-7-5-9-33(15-31)52-23-37-25-54-37)28-44(3,4)42-18-36(12-14-40(42)45)51-22-30(47)20-49-32-8-6-10-34(16-32)53-24-38-26-55-38/h5-18,29-30,37-38,46-47H,19-28H2,1-4H3. The highest BCUT2D eigenvalue weighted by molar-refractivity contribution is 5.61. The summed E-state index contributed by atoms with van der Waals surface area (Å²) in [6.45, 7) is 12.2. The van der Waals surface area contributed by atoms with E-state index in [4.69, 9.17) is 37.9 Å². The Bertz CT molecular complexity index is 1820. The first-order valence-corrected chi connectivity index (χ1v) is 19.3. The van der Waals surface area contributed by atoms with E-state index < -0.39 is 12.2 Å². The van der Waals surface area contributed by atoms with Gasteiger partial charge in [0.15, 0.2) is 0 Å². The van der Waals surface area contributed by atoms with Crippen LogP contribution < -0.4 is 28.4 Å². The van der Waals surface area contributed by atoms with Crippen molar-refractivity contribution >= 4 is 0 Å². The second-order valence-electron chi connectivity index (χ2n) is 16.7. The highest BCUT2D eigenvalue weighted by atomic mass is 16.6.